The Balaban J connectivity index is 1.59. The Morgan fingerprint density at radius 3 is 2.95 bits per heavy atom. The molecule has 1 fully saturated rings. The quantitative estimate of drug-likeness (QED) is 0.820. The number of rotatable bonds is 2. The molecule has 2 aliphatic heterocycles. The number of carbonyl (C=O) groups is 1. The molecule has 0 radical (unpaired) electrons. The molecule has 1 atom stereocenters. The number of morpholine rings is 1. The van der Waals surface area contributed by atoms with Gasteiger partial charge >= 0.3 is 0 Å². The van der Waals surface area contributed by atoms with Crippen LogP contribution in [0.15, 0.2) is 24.3 Å². The molecule has 2 N–H and O–H groups in total. The van der Waals surface area contributed by atoms with Crippen molar-refractivity contribution in [3.63, 3.8) is 0 Å². The lowest BCUT2D eigenvalue weighted by molar-refractivity contribution is -0.131. The van der Waals surface area contributed by atoms with Crippen LogP contribution in [0, 0.1) is 5.92 Å². The predicted molar refractivity (Wildman–Crippen MR) is 72.7 cm³/mol. The normalized spacial score (nSPS) is 23.3. The molecular weight excluding hydrogens is 242 g/mol. The van der Waals surface area contributed by atoms with Gasteiger partial charge in [-0.2, -0.15) is 0 Å². The van der Waals surface area contributed by atoms with E-state index in [-0.39, 0.29) is 11.8 Å². The van der Waals surface area contributed by atoms with Crippen LogP contribution in [0.1, 0.15) is 5.56 Å². The van der Waals surface area contributed by atoms with Gasteiger partial charge in [0, 0.05) is 25.3 Å². The molecule has 102 valence electrons. The molecule has 0 bridgehead atoms. The summed E-state index contributed by atoms with van der Waals surface area (Å²) < 4.78 is 5.27. The van der Waals surface area contributed by atoms with E-state index in [1.165, 1.54) is 5.56 Å². The highest BCUT2D eigenvalue weighted by atomic mass is 16.5. The summed E-state index contributed by atoms with van der Waals surface area (Å²) in [7, 11) is 0. The average Bonchev–Trinajstić information content (AvgIpc) is 2.48. The predicted octanol–water partition coefficient (Wildman–Crippen LogP) is 0.634. The van der Waals surface area contributed by atoms with Gasteiger partial charge in [0.05, 0.1) is 19.1 Å². The van der Waals surface area contributed by atoms with Gasteiger partial charge in [0.15, 0.2) is 0 Å². The van der Waals surface area contributed by atoms with Crippen LogP contribution in [-0.4, -0.2) is 43.8 Å². The molecule has 2 aliphatic rings. The number of nitrogens with zero attached hydrogens (tertiary/aromatic N) is 1. The number of hydrogen-bond donors (Lipinski definition) is 2. The lowest BCUT2D eigenvalue weighted by Gasteiger charge is -2.31. The number of anilines is 1. The van der Waals surface area contributed by atoms with Gasteiger partial charge in [-0.05, 0) is 18.1 Å². The molecule has 0 aromatic heterocycles. The summed E-state index contributed by atoms with van der Waals surface area (Å²) in [4.78, 5) is 12.2. The van der Waals surface area contributed by atoms with Crippen LogP contribution in [0.3, 0.4) is 0 Å². The Morgan fingerprint density at radius 1 is 1.32 bits per heavy atom. The fourth-order valence-corrected chi connectivity index (χ4v) is 2.55. The number of fused-ring (bicyclic) bond motifs is 1. The molecule has 1 saturated heterocycles. The maximum Gasteiger partial charge on any atom is 0.239 e. The first-order valence-corrected chi connectivity index (χ1v) is 6.78. The van der Waals surface area contributed by atoms with Crippen molar-refractivity contribution in [2.75, 3.05) is 38.2 Å². The number of hydrogen-bond acceptors (Lipinski definition) is 4. The smallest absolute Gasteiger partial charge is 0.239 e. The van der Waals surface area contributed by atoms with Gasteiger partial charge in [0.25, 0.3) is 0 Å². The zero-order chi connectivity index (χ0) is 13.1. The third kappa shape index (κ3) is 2.88. The molecule has 2 heterocycles. The first kappa shape index (κ1) is 12.4. The molecule has 1 aromatic rings. The van der Waals surface area contributed by atoms with Crippen molar-refractivity contribution in [3.8, 4) is 0 Å². The molecular formula is C14H19N3O2. The van der Waals surface area contributed by atoms with Crippen LogP contribution >= 0.6 is 0 Å². The molecule has 1 unspecified atom stereocenters. The number of carbonyl (C=O) groups excluding carboxylic acids is 1. The second-order valence-corrected chi connectivity index (χ2v) is 5.01. The highest BCUT2D eigenvalue weighted by Crippen LogP contribution is 2.24. The Kier molecular flexibility index (Phi) is 3.66. The maximum atomic E-state index is 12.2. The zero-order valence-electron chi connectivity index (χ0n) is 10.9. The van der Waals surface area contributed by atoms with E-state index in [1.807, 2.05) is 17.1 Å². The Labute approximate surface area is 112 Å². The highest BCUT2D eigenvalue weighted by molar-refractivity contribution is 5.80. The minimum absolute atomic E-state index is 0.00209. The zero-order valence-corrected chi connectivity index (χ0v) is 10.9. The highest BCUT2D eigenvalue weighted by Gasteiger charge is 2.25. The molecule has 0 saturated carbocycles. The van der Waals surface area contributed by atoms with Gasteiger partial charge in [-0.15, -0.1) is 0 Å². The van der Waals surface area contributed by atoms with Gasteiger partial charge < -0.3 is 10.1 Å². The summed E-state index contributed by atoms with van der Waals surface area (Å²) in [6, 6.07) is 8.17. The number of para-hydroxylation sites is 1. The van der Waals surface area contributed by atoms with Crippen LogP contribution in [0.2, 0.25) is 0 Å². The summed E-state index contributed by atoms with van der Waals surface area (Å²) in [5, 5.41) is 5.28. The van der Waals surface area contributed by atoms with Crippen molar-refractivity contribution in [2.45, 2.75) is 6.42 Å². The third-order valence-corrected chi connectivity index (χ3v) is 3.67. The molecule has 1 aromatic carbocycles. The largest absolute Gasteiger partial charge is 0.384 e. The van der Waals surface area contributed by atoms with E-state index in [4.69, 9.17) is 4.74 Å². The average molecular weight is 261 g/mol. The fraction of sp³-hybridized carbons (Fsp3) is 0.500. The number of nitrogens with one attached hydrogen (secondary N) is 2. The van der Waals surface area contributed by atoms with Gasteiger partial charge in [-0.1, -0.05) is 18.2 Å². The van der Waals surface area contributed by atoms with Crippen molar-refractivity contribution in [1.29, 1.82) is 0 Å². The Hall–Kier alpha value is -1.59. The van der Waals surface area contributed by atoms with Crippen molar-refractivity contribution >= 4 is 11.6 Å². The number of ether oxygens (including phenoxy) is 1. The van der Waals surface area contributed by atoms with Crippen molar-refractivity contribution in [2.24, 2.45) is 5.92 Å². The third-order valence-electron chi connectivity index (χ3n) is 3.67. The van der Waals surface area contributed by atoms with Crippen LogP contribution in [0.4, 0.5) is 5.69 Å². The van der Waals surface area contributed by atoms with E-state index in [9.17, 15) is 4.79 Å². The number of amides is 1. The van der Waals surface area contributed by atoms with Crippen molar-refractivity contribution in [1.82, 2.24) is 10.4 Å². The minimum Gasteiger partial charge on any atom is -0.384 e. The fourth-order valence-electron chi connectivity index (χ4n) is 2.55. The summed E-state index contributed by atoms with van der Waals surface area (Å²) >= 11 is 0. The summed E-state index contributed by atoms with van der Waals surface area (Å²) in [5.74, 6) is 0.0987. The molecule has 3 rings (SSSR count). The van der Waals surface area contributed by atoms with Crippen LogP contribution in [-0.2, 0) is 16.0 Å². The topological polar surface area (TPSA) is 53.6 Å². The maximum absolute atomic E-state index is 12.2. The van der Waals surface area contributed by atoms with Crippen LogP contribution < -0.4 is 10.7 Å². The van der Waals surface area contributed by atoms with Gasteiger partial charge in [0.2, 0.25) is 5.91 Å². The number of benzene rings is 1. The standard InChI is InChI=1S/C14H19N3O2/c18-14(16-17-5-7-19-8-6-17)12-9-11-3-1-2-4-13(11)15-10-12/h1-4,12,15H,5-10H2,(H,16,18). The van der Waals surface area contributed by atoms with Gasteiger partial charge in [-0.3, -0.25) is 10.2 Å². The molecule has 0 spiro atoms. The van der Waals surface area contributed by atoms with Crippen LogP contribution in [0.5, 0.6) is 0 Å². The molecule has 0 aliphatic carbocycles. The van der Waals surface area contributed by atoms with E-state index in [1.54, 1.807) is 0 Å². The first-order valence-electron chi connectivity index (χ1n) is 6.78. The van der Waals surface area contributed by atoms with E-state index in [0.717, 1.165) is 25.2 Å². The summed E-state index contributed by atoms with van der Waals surface area (Å²) in [6.07, 6.45) is 0.805. The van der Waals surface area contributed by atoms with E-state index in [0.29, 0.717) is 19.8 Å². The first-order chi connectivity index (χ1) is 9.33. The van der Waals surface area contributed by atoms with E-state index >= 15 is 0 Å². The molecule has 5 nitrogen and oxygen atoms in total. The summed E-state index contributed by atoms with van der Waals surface area (Å²) in [6.45, 7) is 3.61. The SMILES string of the molecule is O=C(NN1CCOCC1)C1CNc2ccccc2C1. The monoisotopic (exact) mass is 261 g/mol. The molecule has 5 heteroatoms. The lowest BCUT2D eigenvalue weighted by Crippen LogP contribution is -2.51. The second-order valence-electron chi connectivity index (χ2n) is 5.01. The van der Waals surface area contributed by atoms with E-state index < -0.39 is 0 Å². The minimum atomic E-state index is -0.00209. The van der Waals surface area contributed by atoms with Gasteiger partial charge in [-0.25, -0.2) is 5.01 Å². The molecule has 1 amide bonds. The Bertz CT molecular complexity index is 458. The lowest BCUT2D eigenvalue weighted by atomic mass is 9.93. The van der Waals surface area contributed by atoms with Crippen LogP contribution in [0.25, 0.3) is 0 Å². The van der Waals surface area contributed by atoms with E-state index in [2.05, 4.69) is 22.9 Å². The Morgan fingerprint density at radius 2 is 2.11 bits per heavy atom. The van der Waals surface area contributed by atoms with Crippen molar-refractivity contribution in [3.05, 3.63) is 29.8 Å². The summed E-state index contributed by atoms with van der Waals surface area (Å²) in [5.41, 5.74) is 5.36. The number of hydrazine groups is 1. The van der Waals surface area contributed by atoms with Gasteiger partial charge in [0.1, 0.15) is 0 Å². The second kappa shape index (κ2) is 5.59. The van der Waals surface area contributed by atoms with Crippen molar-refractivity contribution < 1.29 is 9.53 Å². The molecule has 19 heavy (non-hydrogen) atoms.